The molecule has 154 valence electrons. The van der Waals surface area contributed by atoms with E-state index in [1.54, 1.807) is 6.92 Å². The van der Waals surface area contributed by atoms with Crippen molar-refractivity contribution in [3.05, 3.63) is 106 Å². The molecule has 4 nitrogen and oxygen atoms in total. The summed E-state index contributed by atoms with van der Waals surface area (Å²) in [6, 6.07) is 27.0. The van der Waals surface area contributed by atoms with Gasteiger partial charge in [-0.25, -0.2) is 0 Å². The molecule has 3 aromatic rings. The van der Waals surface area contributed by atoms with Crippen molar-refractivity contribution < 1.29 is 9.59 Å². The Morgan fingerprint density at radius 2 is 1.13 bits per heavy atom. The summed E-state index contributed by atoms with van der Waals surface area (Å²) in [4.78, 5) is 26.4. The molecule has 0 aromatic heterocycles. The summed E-state index contributed by atoms with van der Waals surface area (Å²) < 4.78 is 0.954. The zero-order valence-corrected chi connectivity index (χ0v) is 18.5. The van der Waals surface area contributed by atoms with Gasteiger partial charge in [-0.3, -0.25) is 9.59 Å². The zero-order chi connectivity index (χ0) is 21.4. The molecule has 2 N–H and O–H groups in total. The van der Waals surface area contributed by atoms with Crippen LogP contribution in [0.2, 0.25) is 0 Å². The van der Waals surface area contributed by atoms with Gasteiger partial charge in [0.15, 0.2) is 0 Å². The number of halogens is 1. The number of nitrogens with one attached hydrogen (secondary N) is 2. The Kier molecular flexibility index (Phi) is 7.41. The number of carbonyl (C=O) groups excluding carboxylic acids is 2. The van der Waals surface area contributed by atoms with Crippen LogP contribution in [-0.4, -0.2) is 11.8 Å². The highest BCUT2D eigenvalue weighted by Crippen LogP contribution is 2.25. The summed E-state index contributed by atoms with van der Waals surface area (Å²) in [7, 11) is 0. The van der Waals surface area contributed by atoms with E-state index in [1.807, 2.05) is 84.9 Å². The molecule has 0 aliphatic heterocycles. The molecule has 0 heterocycles. The molecule has 30 heavy (non-hydrogen) atoms. The van der Waals surface area contributed by atoms with Gasteiger partial charge in [0.25, 0.3) is 0 Å². The fourth-order valence-electron chi connectivity index (χ4n) is 3.22. The molecule has 0 radical (unpaired) electrons. The van der Waals surface area contributed by atoms with E-state index in [9.17, 15) is 9.59 Å². The first-order valence-electron chi connectivity index (χ1n) is 9.86. The van der Waals surface area contributed by atoms with Crippen molar-refractivity contribution >= 4 is 27.7 Å². The lowest BCUT2D eigenvalue weighted by molar-refractivity contribution is -0.142. The van der Waals surface area contributed by atoms with Crippen molar-refractivity contribution in [2.45, 2.75) is 26.4 Å². The van der Waals surface area contributed by atoms with Gasteiger partial charge in [-0.15, -0.1) is 0 Å². The van der Waals surface area contributed by atoms with Gasteiger partial charge in [0, 0.05) is 17.6 Å². The third kappa shape index (κ3) is 5.80. The highest BCUT2D eigenvalue weighted by Gasteiger charge is 2.41. The van der Waals surface area contributed by atoms with Crippen molar-refractivity contribution in [2.24, 2.45) is 5.41 Å². The lowest BCUT2D eigenvalue weighted by Crippen LogP contribution is -2.50. The van der Waals surface area contributed by atoms with Gasteiger partial charge in [-0.2, -0.15) is 0 Å². The molecule has 3 rings (SSSR count). The van der Waals surface area contributed by atoms with Crippen LogP contribution in [0.1, 0.15) is 23.6 Å². The number of benzene rings is 3. The minimum absolute atomic E-state index is 0.292. The number of carbonyl (C=O) groups is 2. The largest absolute Gasteiger partial charge is 0.351 e. The smallest absolute Gasteiger partial charge is 0.236 e. The molecule has 5 heteroatoms. The first-order valence-corrected chi connectivity index (χ1v) is 10.7. The molecule has 0 fully saturated rings. The lowest BCUT2D eigenvalue weighted by Gasteiger charge is -2.27. The minimum atomic E-state index is -1.24. The molecular formula is C25H25BrN2O2. The van der Waals surface area contributed by atoms with E-state index in [-0.39, 0.29) is 11.8 Å². The van der Waals surface area contributed by atoms with Crippen LogP contribution in [0, 0.1) is 5.41 Å². The van der Waals surface area contributed by atoms with Crippen LogP contribution >= 0.6 is 15.9 Å². The summed E-state index contributed by atoms with van der Waals surface area (Å²) in [6.45, 7) is 2.46. The summed E-state index contributed by atoms with van der Waals surface area (Å²) in [5.41, 5.74) is 1.66. The number of hydrogen-bond donors (Lipinski definition) is 2. The van der Waals surface area contributed by atoms with Gasteiger partial charge in [0.1, 0.15) is 5.41 Å². The van der Waals surface area contributed by atoms with Gasteiger partial charge in [0.2, 0.25) is 11.8 Å². The van der Waals surface area contributed by atoms with Crippen molar-refractivity contribution in [3.63, 3.8) is 0 Å². The third-order valence-corrected chi connectivity index (χ3v) is 5.59. The summed E-state index contributed by atoms with van der Waals surface area (Å²) in [5.74, 6) is -0.584. The molecular weight excluding hydrogens is 440 g/mol. The molecule has 2 amide bonds. The van der Waals surface area contributed by atoms with E-state index in [2.05, 4.69) is 26.6 Å². The fourth-order valence-corrected chi connectivity index (χ4v) is 3.49. The van der Waals surface area contributed by atoms with Crippen LogP contribution in [0.25, 0.3) is 0 Å². The third-order valence-electron chi connectivity index (χ3n) is 5.07. The maximum absolute atomic E-state index is 13.2. The van der Waals surface area contributed by atoms with Crippen molar-refractivity contribution in [1.29, 1.82) is 0 Å². The maximum atomic E-state index is 13.2. The topological polar surface area (TPSA) is 58.2 Å². The Balaban J connectivity index is 1.76. The van der Waals surface area contributed by atoms with E-state index in [4.69, 9.17) is 0 Å². The van der Waals surface area contributed by atoms with E-state index < -0.39 is 5.41 Å². The van der Waals surface area contributed by atoms with Crippen LogP contribution in [0.4, 0.5) is 0 Å². The van der Waals surface area contributed by atoms with Crippen LogP contribution in [0.3, 0.4) is 0 Å². The van der Waals surface area contributed by atoms with Gasteiger partial charge < -0.3 is 10.6 Å². The Labute approximate surface area is 185 Å². The molecule has 0 spiro atoms. The lowest BCUT2D eigenvalue weighted by atomic mass is 9.81. The number of hydrogen-bond acceptors (Lipinski definition) is 2. The second-order valence-corrected chi connectivity index (χ2v) is 8.39. The summed E-state index contributed by atoms with van der Waals surface area (Å²) in [6.07, 6.45) is 0.307. The van der Waals surface area contributed by atoms with Crippen LogP contribution in [-0.2, 0) is 29.1 Å². The van der Waals surface area contributed by atoms with Crippen molar-refractivity contribution in [3.8, 4) is 0 Å². The predicted octanol–water partition coefficient (Wildman–Crippen LogP) is 4.63. The molecule has 0 saturated carbocycles. The van der Waals surface area contributed by atoms with Gasteiger partial charge in [-0.05, 0) is 42.2 Å². The molecule has 0 aliphatic rings. The average molecular weight is 465 g/mol. The Morgan fingerprint density at radius 3 is 1.57 bits per heavy atom. The highest BCUT2D eigenvalue weighted by molar-refractivity contribution is 9.10. The second-order valence-electron chi connectivity index (χ2n) is 7.47. The fraction of sp³-hybridized carbons (Fsp3) is 0.200. The predicted molar refractivity (Wildman–Crippen MR) is 123 cm³/mol. The number of amides is 2. The first-order chi connectivity index (χ1) is 14.5. The van der Waals surface area contributed by atoms with Crippen LogP contribution in [0.5, 0.6) is 0 Å². The van der Waals surface area contributed by atoms with Gasteiger partial charge in [-0.1, -0.05) is 88.7 Å². The van der Waals surface area contributed by atoms with Crippen molar-refractivity contribution in [2.75, 3.05) is 0 Å². The Hall–Kier alpha value is -2.92. The Bertz CT molecular complexity index is 918. The molecule has 3 aromatic carbocycles. The van der Waals surface area contributed by atoms with Crippen molar-refractivity contribution in [1.82, 2.24) is 10.6 Å². The summed E-state index contributed by atoms with van der Waals surface area (Å²) >= 11 is 3.43. The van der Waals surface area contributed by atoms with E-state index >= 15 is 0 Å². The monoisotopic (exact) mass is 464 g/mol. The van der Waals surface area contributed by atoms with E-state index in [0.29, 0.717) is 19.5 Å². The van der Waals surface area contributed by atoms with Gasteiger partial charge in [0.05, 0.1) is 0 Å². The summed E-state index contributed by atoms with van der Waals surface area (Å²) in [5, 5.41) is 5.88. The number of rotatable bonds is 8. The maximum Gasteiger partial charge on any atom is 0.236 e. The Morgan fingerprint density at radius 1 is 0.700 bits per heavy atom. The molecule has 0 saturated heterocycles. The molecule has 0 bridgehead atoms. The quantitative estimate of drug-likeness (QED) is 0.477. The van der Waals surface area contributed by atoms with E-state index in [1.165, 1.54) is 0 Å². The van der Waals surface area contributed by atoms with Gasteiger partial charge >= 0.3 is 0 Å². The van der Waals surface area contributed by atoms with Crippen LogP contribution < -0.4 is 10.6 Å². The van der Waals surface area contributed by atoms with Crippen LogP contribution in [0.15, 0.2) is 89.4 Å². The molecule has 0 aliphatic carbocycles. The minimum Gasteiger partial charge on any atom is -0.351 e. The second kappa shape index (κ2) is 10.2. The molecule has 0 atom stereocenters. The average Bonchev–Trinajstić information content (AvgIpc) is 2.78. The SMILES string of the molecule is CC(Cc1ccc(Br)cc1)(C(=O)NCc1ccccc1)C(=O)NCc1ccccc1. The zero-order valence-electron chi connectivity index (χ0n) is 16.9. The molecule has 0 unspecified atom stereocenters. The van der Waals surface area contributed by atoms with E-state index in [0.717, 1.165) is 21.2 Å². The highest BCUT2D eigenvalue weighted by atomic mass is 79.9. The normalized spacial score (nSPS) is 11.0. The standard InChI is InChI=1S/C25H25BrN2O2/c1-25(16-19-12-14-22(26)15-13-19,23(29)27-17-20-8-4-2-5-9-20)24(30)28-18-21-10-6-3-7-11-21/h2-15H,16-18H2,1H3,(H,27,29)(H,28,30). The first kappa shape index (κ1) is 21.8.